The van der Waals surface area contributed by atoms with Crippen molar-refractivity contribution in [2.45, 2.75) is 89.5 Å². The van der Waals surface area contributed by atoms with E-state index >= 15 is 0 Å². The van der Waals surface area contributed by atoms with Gasteiger partial charge in [-0.05, 0) is 75.1 Å². The number of carboxylic acids is 2. The van der Waals surface area contributed by atoms with Gasteiger partial charge in [-0.15, -0.1) is 5.92 Å². The predicted molar refractivity (Wildman–Crippen MR) is 146 cm³/mol. The molecule has 1 aromatic rings. The van der Waals surface area contributed by atoms with Crippen molar-refractivity contribution in [1.29, 1.82) is 0 Å². The predicted octanol–water partition coefficient (Wildman–Crippen LogP) is 5.09. The van der Waals surface area contributed by atoms with Crippen molar-refractivity contribution in [2.75, 3.05) is 13.2 Å². The van der Waals surface area contributed by atoms with Crippen LogP contribution < -0.4 is 16.2 Å². The van der Waals surface area contributed by atoms with Crippen LogP contribution >= 0.6 is 0 Å². The Morgan fingerprint density at radius 1 is 1.11 bits per heavy atom. The summed E-state index contributed by atoms with van der Waals surface area (Å²) in [4.78, 5) is 21.2. The van der Waals surface area contributed by atoms with Gasteiger partial charge in [-0.25, -0.2) is 0 Å². The van der Waals surface area contributed by atoms with Gasteiger partial charge in [-0.2, -0.15) is 0 Å². The molecule has 0 bridgehead atoms. The Hall–Kier alpha value is -2.82. The second-order valence-corrected chi connectivity index (χ2v) is 10.2. The molecule has 37 heavy (non-hydrogen) atoms. The highest BCUT2D eigenvalue weighted by Crippen LogP contribution is 2.49. The van der Waals surface area contributed by atoms with Crippen molar-refractivity contribution in [3.8, 4) is 17.6 Å². The molecular weight excluding hydrogens is 468 g/mol. The number of benzene rings is 1. The van der Waals surface area contributed by atoms with Crippen LogP contribution in [-0.2, 0) is 9.59 Å². The molecule has 6 N–H and O–H groups in total. The van der Waals surface area contributed by atoms with Crippen molar-refractivity contribution in [3.63, 3.8) is 0 Å². The van der Waals surface area contributed by atoms with Crippen LogP contribution in [0.3, 0.4) is 0 Å². The number of aliphatic carboxylic acids is 2. The number of carboxylic acid groups (broad SMARTS) is 2. The van der Waals surface area contributed by atoms with Crippen molar-refractivity contribution in [2.24, 2.45) is 22.8 Å². The standard InChI is InChI=1S/C24H30O3.C6H14N2O2/c1-2-8-20(17-23(25)26)19-10-12-22(13-11-19)27-18-21-9-4-7-16-24(21)14-5-3-6-15-24;7-4-2-1-3-5(8)6(9)10/h4,9-13,20-21H,3,5-7,14-18H2,1H3,(H,25,26);5H,1-4,7-8H2,(H,9,10)/t20-,21?;5-/m00/s1. The second-order valence-electron chi connectivity index (χ2n) is 10.2. The Balaban J connectivity index is 0.000000410. The fraction of sp³-hybridized carbons (Fsp3) is 0.600. The molecule has 0 aliphatic heterocycles. The molecule has 0 heterocycles. The highest BCUT2D eigenvalue weighted by atomic mass is 16.5. The lowest BCUT2D eigenvalue weighted by atomic mass is 9.62. The van der Waals surface area contributed by atoms with E-state index < -0.39 is 18.0 Å². The summed E-state index contributed by atoms with van der Waals surface area (Å²) in [7, 11) is 0. The Bertz CT molecular complexity index is 926. The summed E-state index contributed by atoms with van der Waals surface area (Å²) in [5, 5.41) is 17.4. The topological polar surface area (TPSA) is 136 Å². The lowest BCUT2D eigenvalue weighted by Crippen LogP contribution is -2.37. The van der Waals surface area contributed by atoms with Crippen molar-refractivity contribution < 1.29 is 24.5 Å². The molecule has 0 radical (unpaired) electrons. The number of ether oxygens (including phenoxy) is 1. The van der Waals surface area contributed by atoms with Gasteiger partial charge in [-0.3, -0.25) is 9.59 Å². The van der Waals surface area contributed by atoms with Gasteiger partial charge in [0.05, 0.1) is 18.9 Å². The van der Waals surface area contributed by atoms with Crippen LogP contribution in [0.2, 0.25) is 0 Å². The maximum atomic E-state index is 11.1. The molecule has 204 valence electrons. The van der Waals surface area contributed by atoms with Crippen LogP contribution in [0.4, 0.5) is 0 Å². The van der Waals surface area contributed by atoms with Gasteiger partial charge in [0, 0.05) is 5.92 Å². The average Bonchev–Trinajstić information content (AvgIpc) is 2.89. The van der Waals surface area contributed by atoms with Crippen molar-refractivity contribution in [3.05, 3.63) is 42.0 Å². The van der Waals surface area contributed by atoms with E-state index in [-0.39, 0.29) is 12.3 Å². The molecule has 1 unspecified atom stereocenters. The van der Waals surface area contributed by atoms with E-state index in [2.05, 4.69) is 24.0 Å². The maximum absolute atomic E-state index is 11.1. The van der Waals surface area contributed by atoms with Crippen LogP contribution in [0.1, 0.15) is 89.0 Å². The minimum Gasteiger partial charge on any atom is -0.493 e. The summed E-state index contributed by atoms with van der Waals surface area (Å²) >= 11 is 0. The molecule has 7 heteroatoms. The van der Waals surface area contributed by atoms with Gasteiger partial charge in [0.15, 0.2) is 0 Å². The maximum Gasteiger partial charge on any atom is 0.320 e. The molecule has 1 spiro atoms. The van der Waals surface area contributed by atoms with E-state index in [0.717, 1.165) is 30.8 Å². The first-order chi connectivity index (χ1) is 17.8. The average molecular weight is 513 g/mol. The molecule has 0 amide bonds. The van der Waals surface area contributed by atoms with Crippen LogP contribution in [0.15, 0.2) is 36.4 Å². The molecule has 1 aromatic carbocycles. The first kappa shape index (κ1) is 30.4. The van der Waals surface area contributed by atoms with Crippen LogP contribution in [-0.4, -0.2) is 41.3 Å². The number of rotatable bonds is 11. The molecule has 3 rings (SSSR count). The molecule has 2 aliphatic rings. The number of nitrogens with two attached hydrogens (primary N) is 2. The highest BCUT2D eigenvalue weighted by Gasteiger charge is 2.39. The summed E-state index contributed by atoms with van der Waals surface area (Å²) in [5.74, 6) is 5.14. The van der Waals surface area contributed by atoms with Crippen LogP contribution in [0.25, 0.3) is 0 Å². The Morgan fingerprint density at radius 3 is 2.41 bits per heavy atom. The zero-order valence-electron chi connectivity index (χ0n) is 22.2. The lowest BCUT2D eigenvalue weighted by molar-refractivity contribution is -0.139. The fourth-order valence-corrected chi connectivity index (χ4v) is 5.35. The molecular formula is C30H44N2O5. The van der Waals surface area contributed by atoms with Gasteiger partial charge >= 0.3 is 11.9 Å². The first-order valence-corrected chi connectivity index (χ1v) is 13.5. The lowest BCUT2D eigenvalue weighted by Gasteiger charge is -2.44. The van der Waals surface area contributed by atoms with Crippen molar-refractivity contribution in [1.82, 2.24) is 0 Å². The van der Waals surface area contributed by atoms with E-state index in [0.29, 0.717) is 24.3 Å². The van der Waals surface area contributed by atoms with E-state index in [1.54, 1.807) is 6.92 Å². The second kappa shape index (κ2) is 16.1. The van der Waals surface area contributed by atoms with E-state index in [4.69, 9.17) is 26.4 Å². The quantitative estimate of drug-likeness (QED) is 0.184. The van der Waals surface area contributed by atoms with E-state index in [1.165, 1.54) is 44.9 Å². The summed E-state index contributed by atoms with van der Waals surface area (Å²) in [5.41, 5.74) is 11.8. The number of allylic oxidation sites excluding steroid dienone is 1. The number of carbonyl (C=O) groups is 2. The highest BCUT2D eigenvalue weighted by molar-refractivity contribution is 5.72. The number of unbranched alkanes of at least 4 members (excludes halogenated alkanes) is 1. The first-order valence-electron chi connectivity index (χ1n) is 13.5. The van der Waals surface area contributed by atoms with Gasteiger partial charge in [0.25, 0.3) is 0 Å². The van der Waals surface area contributed by atoms with Gasteiger partial charge < -0.3 is 26.4 Å². The minimum atomic E-state index is -0.933. The largest absolute Gasteiger partial charge is 0.493 e. The van der Waals surface area contributed by atoms with Crippen LogP contribution in [0.5, 0.6) is 5.75 Å². The fourth-order valence-electron chi connectivity index (χ4n) is 5.35. The summed E-state index contributed by atoms with van der Waals surface area (Å²) in [6.45, 7) is 3.07. The van der Waals surface area contributed by atoms with Crippen LogP contribution in [0, 0.1) is 23.2 Å². The van der Waals surface area contributed by atoms with E-state index in [9.17, 15) is 9.59 Å². The van der Waals surface area contributed by atoms with Gasteiger partial charge in [0.1, 0.15) is 11.8 Å². The molecule has 3 atom stereocenters. The third kappa shape index (κ3) is 10.2. The molecule has 0 aromatic heterocycles. The smallest absolute Gasteiger partial charge is 0.320 e. The third-order valence-electron chi connectivity index (χ3n) is 7.51. The zero-order valence-corrected chi connectivity index (χ0v) is 22.2. The monoisotopic (exact) mass is 512 g/mol. The molecule has 0 saturated heterocycles. The molecule has 1 fully saturated rings. The zero-order chi connectivity index (χ0) is 27.1. The number of hydrogen-bond donors (Lipinski definition) is 4. The Kier molecular flexibility index (Phi) is 13.2. The third-order valence-corrected chi connectivity index (χ3v) is 7.51. The number of hydrogen-bond acceptors (Lipinski definition) is 5. The Morgan fingerprint density at radius 2 is 1.81 bits per heavy atom. The van der Waals surface area contributed by atoms with Gasteiger partial charge in [-0.1, -0.05) is 55.9 Å². The molecule has 7 nitrogen and oxygen atoms in total. The summed E-state index contributed by atoms with van der Waals surface area (Å²) in [6, 6.07) is 7.07. The van der Waals surface area contributed by atoms with Crippen molar-refractivity contribution >= 4 is 11.9 Å². The molecule has 2 aliphatic carbocycles. The molecule has 1 saturated carbocycles. The SMILES string of the molecule is CC#C[C@@H](CC(=O)O)c1ccc(OCC2C=CCCC23CCCCC3)cc1.NCCCC[C@H](N)C(=O)O. The van der Waals surface area contributed by atoms with E-state index in [1.807, 2.05) is 24.3 Å². The minimum absolute atomic E-state index is 0.0242. The summed E-state index contributed by atoms with van der Waals surface area (Å²) < 4.78 is 6.15. The Labute approximate surface area is 221 Å². The van der Waals surface area contributed by atoms with Gasteiger partial charge in [0.2, 0.25) is 0 Å². The normalized spacial score (nSPS) is 19.5. The summed E-state index contributed by atoms with van der Waals surface area (Å²) in [6.07, 6.45) is 16.1.